The van der Waals surface area contributed by atoms with Crippen LogP contribution in [0, 0.1) is 11.8 Å². The van der Waals surface area contributed by atoms with Gasteiger partial charge in [-0.15, -0.1) is 0 Å². The number of furan rings is 1. The number of rotatable bonds is 8. The minimum atomic E-state index is -0.670. The van der Waals surface area contributed by atoms with Gasteiger partial charge in [0.05, 0.1) is 6.61 Å². The molecule has 1 saturated carbocycles. The predicted octanol–water partition coefficient (Wildman–Crippen LogP) is 5.04. The summed E-state index contributed by atoms with van der Waals surface area (Å²) in [5, 5.41) is 3.66. The Bertz CT molecular complexity index is 1350. The molecule has 2 aliphatic rings. The lowest BCUT2D eigenvalue weighted by Gasteiger charge is -2.35. The van der Waals surface area contributed by atoms with Crippen molar-refractivity contribution in [3.63, 3.8) is 0 Å². The van der Waals surface area contributed by atoms with E-state index in [0.717, 1.165) is 5.56 Å². The molecule has 5 rings (SSSR count). The maximum absolute atomic E-state index is 13.9. The van der Waals surface area contributed by atoms with Gasteiger partial charge in [0, 0.05) is 35.5 Å². The molecule has 0 spiro atoms. The third-order valence-corrected chi connectivity index (χ3v) is 8.34. The van der Waals surface area contributed by atoms with Crippen LogP contribution in [-0.2, 0) is 14.3 Å². The lowest BCUT2D eigenvalue weighted by atomic mass is 9.78. The fourth-order valence-corrected chi connectivity index (χ4v) is 6.21. The molecular weight excluding hydrogens is 513 g/mol. The highest BCUT2D eigenvalue weighted by Crippen LogP contribution is 2.38. The van der Waals surface area contributed by atoms with E-state index in [2.05, 4.69) is 5.32 Å². The van der Waals surface area contributed by atoms with Gasteiger partial charge >= 0.3 is 5.97 Å². The van der Waals surface area contributed by atoms with Gasteiger partial charge < -0.3 is 25.1 Å². The molecule has 0 radical (unpaired) electrons. The summed E-state index contributed by atoms with van der Waals surface area (Å²) in [5.41, 5.74) is 7.98. The quantitative estimate of drug-likeness (QED) is 0.381. The van der Waals surface area contributed by atoms with Gasteiger partial charge in [-0.1, -0.05) is 30.3 Å². The molecule has 40 heavy (non-hydrogen) atoms. The number of benzene rings is 2. The Hall–Kier alpha value is -3.72. The molecule has 0 bridgehead atoms. The molecule has 1 aliphatic heterocycles. The first-order valence-electron chi connectivity index (χ1n) is 14.1. The average Bonchev–Trinajstić information content (AvgIpc) is 3.62. The van der Waals surface area contributed by atoms with Crippen LogP contribution in [0.3, 0.4) is 0 Å². The van der Waals surface area contributed by atoms with E-state index in [0.29, 0.717) is 55.3 Å². The van der Waals surface area contributed by atoms with Gasteiger partial charge in [0.2, 0.25) is 17.6 Å². The zero-order valence-electron chi connectivity index (χ0n) is 22.7. The van der Waals surface area contributed by atoms with Crippen LogP contribution in [0.5, 0.6) is 0 Å². The van der Waals surface area contributed by atoms with E-state index in [1.54, 1.807) is 36.1 Å². The summed E-state index contributed by atoms with van der Waals surface area (Å²) in [7, 11) is 0. The molecule has 9 heteroatoms. The van der Waals surface area contributed by atoms with Crippen molar-refractivity contribution in [3.05, 3.63) is 65.9 Å². The molecule has 1 unspecified atom stereocenters. The van der Waals surface area contributed by atoms with Gasteiger partial charge in [-0.3, -0.25) is 9.59 Å². The number of hydrogen-bond donors (Lipinski definition) is 2. The number of halogens is 1. The summed E-state index contributed by atoms with van der Waals surface area (Å²) < 4.78 is 23.7. The Morgan fingerprint density at radius 1 is 1.07 bits per heavy atom. The number of hydrogen-bond acceptors (Lipinski definition) is 6. The monoisotopic (exact) mass is 549 g/mol. The van der Waals surface area contributed by atoms with Crippen molar-refractivity contribution in [1.82, 2.24) is 4.90 Å². The number of nitrogens with one attached hydrogen (secondary N) is 1. The van der Waals surface area contributed by atoms with Crippen molar-refractivity contribution >= 4 is 34.4 Å². The van der Waals surface area contributed by atoms with E-state index in [9.17, 15) is 18.8 Å². The maximum Gasteiger partial charge on any atom is 0.374 e. The number of fused-ring (bicyclic) bond motifs is 1. The number of nitrogens with zero attached hydrogens (tertiary/aromatic N) is 1. The van der Waals surface area contributed by atoms with Crippen molar-refractivity contribution in [2.45, 2.75) is 57.0 Å². The van der Waals surface area contributed by atoms with Crippen LogP contribution >= 0.6 is 0 Å². The highest BCUT2D eigenvalue weighted by molar-refractivity contribution is 6.00. The van der Waals surface area contributed by atoms with Crippen LogP contribution in [0.2, 0.25) is 0 Å². The molecule has 1 aliphatic carbocycles. The van der Waals surface area contributed by atoms with E-state index in [1.807, 2.05) is 30.3 Å². The van der Waals surface area contributed by atoms with Crippen LogP contribution in [-0.4, -0.2) is 54.6 Å². The Morgan fingerprint density at radius 2 is 1.82 bits per heavy atom. The van der Waals surface area contributed by atoms with Gasteiger partial charge in [-0.05, 0) is 74.8 Å². The first-order valence-corrected chi connectivity index (χ1v) is 14.1. The molecule has 3 N–H and O–H groups in total. The van der Waals surface area contributed by atoms with Crippen LogP contribution in [0.25, 0.3) is 11.0 Å². The van der Waals surface area contributed by atoms with E-state index in [4.69, 9.17) is 14.9 Å². The first kappa shape index (κ1) is 27.8. The number of likely N-dealkylation sites (tertiary alicyclic amines) is 1. The molecule has 1 aromatic heterocycles. The number of ether oxygens (including phenoxy) is 1. The summed E-state index contributed by atoms with van der Waals surface area (Å²) in [5.74, 6) is -0.983. The Morgan fingerprint density at radius 3 is 2.52 bits per heavy atom. The largest absolute Gasteiger partial charge is 0.460 e. The standard InChI is InChI=1S/C31H36FN3O5/c1-2-39-31(38)27-17-22-16-23(12-13-26(22)40-27)34-29(36)28-24(19-6-4-3-5-7-19)14-15-35(28)30(37)21-10-8-20(9-11-21)25(33)18-32/h3-7,12-13,16-17,20-21,24-25,28H,2,8-11,14-15,18,33H2,1H3,(H,34,36)/t20?,21?,24-,25?,28-/m0/s1. The molecular formula is C31H36FN3O5. The summed E-state index contributed by atoms with van der Waals surface area (Å²) in [6.45, 7) is 1.90. The van der Waals surface area contributed by atoms with Crippen molar-refractivity contribution in [3.8, 4) is 0 Å². The van der Waals surface area contributed by atoms with Gasteiger partial charge in [0.1, 0.15) is 18.3 Å². The molecule has 2 aromatic carbocycles. The van der Waals surface area contributed by atoms with Gasteiger partial charge in [0.15, 0.2) is 0 Å². The highest BCUT2D eigenvalue weighted by atomic mass is 19.1. The molecule has 1 saturated heterocycles. The summed E-state index contributed by atoms with van der Waals surface area (Å²) in [6, 6.07) is 15.4. The average molecular weight is 550 g/mol. The van der Waals surface area contributed by atoms with Crippen LogP contribution in [0.1, 0.15) is 61.1 Å². The van der Waals surface area contributed by atoms with Crippen LogP contribution in [0.15, 0.2) is 59.0 Å². The SMILES string of the molecule is CCOC(=O)c1cc2cc(NC(=O)[C@@H]3[C@H](c4ccccc4)CCN3C(=O)C3CCC(C(N)CF)CC3)ccc2o1. The summed E-state index contributed by atoms with van der Waals surface area (Å²) >= 11 is 0. The smallest absolute Gasteiger partial charge is 0.374 e. The molecule has 8 nitrogen and oxygen atoms in total. The van der Waals surface area contributed by atoms with Crippen LogP contribution < -0.4 is 11.1 Å². The van der Waals surface area contributed by atoms with Crippen molar-refractivity contribution in [2.24, 2.45) is 17.6 Å². The van der Waals surface area contributed by atoms with Crippen molar-refractivity contribution in [2.75, 3.05) is 25.1 Å². The Kier molecular flexibility index (Phi) is 8.49. The Balaban J connectivity index is 1.36. The zero-order chi connectivity index (χ0) is 28.2. The van der Waals surface area contributed by atoms with Gasteiger partial charge in [-0.25, -0.2) is 9.18 Å². The Labute approximate surface area is 233 Å². The highest BCUT2D eigenvalue weighted by Gasteiger charge is 2.44. The normalized spacial score (nSPS) is 23.6. The van der Waals surface area contributed by atoms with Crippen LogP contribution in [0.4, 0.5) is 10.1 Å². The summed E-state index contributed by atoms with van der Waals surface area (Å²) in [4.78, 5) is 41.4. The van der Waals surface area contributed by atoms with Gasteiger partial charge in [-0.2, -0.15) is 0 Å². The molecule has 2 amide bonds. The minimum absolute atomic E-state index is 0.0183. The second-order valence-corrected chi connectivity index (χ2v) is 10.8. The third kappa shape index (κ3) is 5.75. The second kappa shape index (κ2) is 12.2. The van der Waals surface area contributed by atoms with Crippen molar-refractivity contribution in [1.29, 1.82) is 0 Å². The predicted molar refractivity (Wildman–Crippen MR) is 149 cm³/mol. The molecule has 212 valence electrons. The molecule has 3 atom stereocenters. The number of carbonyl (C=O) groups is 3. The zero-order valence-corrected chi connectivity index (χ0v) is 22.7. The second-order valence-electron chi connectivity index (χ2n) is 10.8. The fraction of sp³-hybridized carbons (Fsp3) is 0.452. The first-order chi connectivity index (χ1) is 19.4. The number of carbonyl (C=O) groups excluding carboxylic acids is 3. The lowest BCUT2D eigenvalue weighted by molar-refractivity contribution is -0.141. The van der Waals surface area contributed by atoms with Gasteiger partial charge in [0.25, 0.3) is 0 Å². The van der Waals surface area contributed by atoms with Crippen molar-refractivity contribution < 1.29 is 27.9 Å². The molecule has 2 heterocycles. The number of amides is 2. The number of nitrogens with two attached hydrogens (primary N) is 1. The topological polar surface area (TPSA) is 115 Å². The van der Waals surface area contributed by atoms with E-state index >= 15 is 0 Å². The van der Waals surface area contributed by atoms with E-state index < -0.39 is 24.7 Å². The fourth-order valence-electron chi connectivity index (χ4n) is 6.21. The minimum Gasteiger partial charge on any atom is -0.460 e. The summed E-state index contributed by atoms with van der Waals surface area (Å²) in [6.07, 6.45) is 3.41. The maximum atomic E-state index is 13.9. The third-order valence-electron chi connectivity index (χ3n) is 8.34. The number of alkyl halides is 1. The van der Waals surface area contributed by atoms with E-state index in [-0.39, 0.29) is 41.9 Å². The lowest BCUT2D eigenvalue weighted by Crippen LogP contribution is -2.48. The number of esters is 1. The molecule has 2 fully saturated rings. The number of anilines is 1. The molecule has 3 aromatic rings. The van der Waals surface area contributed by atoms with E-state index in [1.165, 1.54) is 0 Å².